The smallest absolute Gasteiger partial charge is 0.242 e. The van der Waals surface area contributed by atoms with E-state index in [0.717, 1.165) is 11.1 Å². The monoisotopic (exact) mass is 407 g/mol. The molecule has 0 radical (unpaired) electrons. The second-order valence-electron chi connectivity index (χ2n) is 5.72. The molecular formula is C18H19Cl2N5O2. The number of hydrogen-bond acceptors (Lipinski definition) is 6. The van der Waals surface area contributed by atoms with E-state index in [1.807, 2.05) is 31.2 Å². The van der Waals surface area contributed by atoms with E-state index in [0.29, 0.717) is 47.3 Å². The lowest BCUT2D eigenvalue weighted by molar-refractivity contribution is 0.269. The fourth-order valence-electron chi connectivity index (χ4n) is 2.40. The summed E-state index contributed by atoms with van der Waals surface area (Å²) in [5, 5.41) is 15.6. The van der Waals surface area contributed by atoms with E-state index in [2.05, 4.69) is 20.8 Å². The summed E-state index contributed by atoms with van der Waals surface area (Å²) in [6.07, 6.45) is 0. The van der Waals surface area contributed by atoms with Crippen molar-refractivity contribution in [2.75, 3.05) is 11.9 Å². The van der Waals surface area contributed by atoms with Gasteiger partial charge in [0.1, 0.15) is 6.61 Å². The Labute approximate surface area is 167 Å². The van der Waals surface area contributed by atoms with Gasteiger partial charge in [0.25, 0.3) is 0 Å². The third kappa shape index (κ3) is 5.02. The molecule has 0 aliphatic rings. The van der Waals surface area contributed by atoms with Gasteiger partial charge in [0.05, 0.1) is 6.61 Å². The first-order valence-corrected chi connectivity index (χ1v) is 9.11. The number of nitrogens with zero attached hydrogens (tertiary/aromatic N) is 4. The Bertz CT molecular complexity index is 917. The molecule has 0 aliphatic carbocycles. The summed E-state index contributed by atoms with van der Waals surface area (Å²) in [6.45, 7) is 3.33. The van der Waals surface area contributed by atoms with Gasteiger partial charge >= 0.3 is 0 Å². The molecule has 0 amide bonds. The minimum Gasteiger partial charge on any atom is -0.490 e. The molecule has 3 aromatic rings. The number of ether oxygens (including phenoxy) is 2. The maximum absolute atomic E-state index is 6.20. The number of anilines is 1. The standard InChI is InChI=1S/C18H19Cl2N5O2/c1-3-26-17-8-12(10-21-18-22-23-24-25(18)2)4-7-16(17)27-11-13-5-6-14(19)9-15(13)20/h4-9H,3,10-11H2,1-2H3,(H,21,22,24). The van der Waals surface area contributed by atoms with Gasteiger partial charge in [-0.1, -0.05) is 40.4 Å². The van der Waals surface area contributed by atoms with Gasteiger partial charge in [-0.3, -0.25) is 0 Å². The Balaban J connectivity index is 1.70. The number of rotatable bonds is 8. The van der Waals surface area contributed by atoms with Crippen molar-refractivity contribution in [2.24, 2.45) is 7.05 Å². The molecule has 142 valence electrons. The number of aryl methyl sites for hydroxylation is 1. The molecule has 1 aromatic heterocycles. The number of halogens is 2. The first kappa shape index (κ1) is 19.3. The van der Waals surface area contributed by atoms with Crippen molar-refractivity contribution in [3.8, 4) is 11.5 Å². The van der Waals surface area contributed by atoms with Crippen LogP contribution >= 0.6 is 23.2 Å². The summed E-state index contributed by atoms with van der Waals surface area (Å²) in [4.78, 5) is 0. The first-order valence-electron chi connectivity index (χ1n) is 8.35. The Kier molecular flexibility index (Phi) is 6.36. The number of nitrogens with one attached hydrogen (secondary N) is 1. The van der Waals surface area contributed by atoms with Crippen LogP contribution in [0, 0.1) is 0 Å². The molecule has 0 atom stereocenters. The molecule has 2 aromatic carbocycles. The van der Waals surface area contributed by atoms with Crippen molar-refractivity contribution >= 4 is 29.2 Å². The number of hydrogen-bond donors (Lipinski definition) is 1. The van der Waals surface area contributed by atoms with Crippen LogP contribution in [0.15, 0.2) is 36.4 Å². The lowest BCUT2D eigenvalue weighted by Gasteiger charge is -2.14. The molecule has 3 rings (SSSR count). The molecule has 0 fully saturated rings. The summed E-state index contributed by atoms with van der Waals surface area (Å²) in [7, 11) is 1.77. The highest BCUT2D eigenvalue weighted by Crippen LogP contribution is 2.30. The molecule has 1 N–H and O–H groups in total. The molecule has 0 bridgehead atoms. The van der Waals surface area contributed by atoms with Crippen LogP contribution in [0.5, 0.6) is 11.5 Å². The highest BCUT2D eigenvalue weighted by atomic mass is 35.5. The van der Waals surface area contributed by atoms with Crippen LogP contribution in [-0.2, 0) is 20.2 Å². The zero-order valence-electron chi connectivity index (χ0n) is 14.9. The van der Waals surface area contributed by atoms with Gasteiger partial charge in [0, 0.05) is 29.2 Å². The SMILES string of the molecule is CCOc1cc(CNc2nnnn2C)ccc1OCc1ccc(Cl)cc1Cl. The van der Waals surface area contributed by atoms with E-state index in [1.54, 1.807) is 23.9 Å². The van der Waals surface area contributed by atoms with E-state index >= 15 is 0 Å². The van der Waals surface area contributed by atoms with E-state index in [1.165, 1.54) is 0 Å². The first-order chi connectivity index (χ1) is 13.1. The Morgan fingerprint density at radius 2 is 1.93 bits per heavy atom. The molecule has 0 saturated carbocycles. The number of tetrazole rings is 1. The van der Waals surface area contributed by atoms with Gasteiger partial charge in [-0.05, 0) is 47.2 Å². The summed E-state index contributed by atoms with van der Waals surface area (Å²) < 4.78 is 13.2. The average molecular weight is 408 g/mol. The van der Waals surface area contributed by atoms with Crippen LogP contribution in [0.25, 0.3) is 0 Å². The van der Waals surface area contributed by atoms with Crippen molar-refractivity contribution in [2.45, 2.75) is 20.1 Å². The quantitative estimate of drug-likeness (QED) is 0.605. The highest BCUT2D eigenvalue weighted by molar-refractivity contribution is 6.35. The third-order valence-corrected chi connectivity index (χ3v) is 4.36. The lowest BCUT2D eigenvalue weighted by Crippen LogP contribution is -2.06. The van der Waals surface area contributed by atoms with Crippen molar-refractivity contribution in [3.63, 3.8) is 0 Å². The molecule has 0 unspecified atom stereocenters. The molecular weight excluding hydrogens is 389 g/mol. The zero-order chi connectivity index (χ0) is 19.2. The molecule has 1 heterocycles. The molecule has 0 aliphatic heterocycles. The van der Waals surface area contributed by atoms with Gasteiger partial charge in [0.2, 0.25) is 5.95 Å². The minimum atomic E-state index is 0.318. The van der Waals surface area contributed by atoms with Crippen molar-refractivity contribution in [1.29, 1.82) is 0 Å². The van der Waals surface area contributed by atoms with E-state index in [-0.39, 0.29) is 0 Å². The minimum absolute atomic E-state index is 0.318. The largest absolute Gasteiger partial charge is 0.490 e. The predicted molar refractivity (Wildman–Crippen MR) is 105 cm³/mol. The number of aromatic nitrogens is 4. The second kappa shape index (κ2) is 8.92. The van der Waals surface area contributed by atoms with Crippen LogP contribution in [0.1, 0.15) is 18.1 Å². The molecule has 9 heteroatoms. The Hall–Kier alpha value is -2.51. The number of benzene rings is 2. The van der Waals surface area contributed by atoms with Crippen LogP contribution < -0.4 is 14.8 Å². The molecule has 7 nitrogen and oxygen atoms in total. The predicted octanol–water partition coefficient (Wildman–Crippen LogP) is 4.11. The van der Waals surface area contributed by atoms with Gasteiger partial charge in [-0.25, -0.2) is 4.68 Å². The van der Waals surface area contributed by atoms with Gasteiger partial charge in [-0.15, -0.1) is 0 Å². The van der Waals surface area contributed by atoms with Crippen LogP contribution in [-0.4, -0.2) is 26.8 Å². The Morgan fingerprint density at radius 1 is 1.07 bits per heavy atom. The van der Waals surface area contributed by atoms with E-state index in [9.17, 15) is 0 Å². The van der Waals surface area contributed by atoms with Gasteiger partial charge < -0.3 is 14.8 Å². The highest BCUT2D eigenvalue weighted by Gasteiger charge is 2.10. The molecule has 0 spiro atoms. The summed E-state index contributed by atoms with van der Waals surface area (Å²) in [6, 6.07) is 11.1. The zero-order valence-corrected chi connectivity index (χ0v) is 16.5. The Morgan fingerprint density at radius 3 is 2.63 bits per heavy atom. The fourth-order valence-corrected chi connectivity index (χ4v) is 2.87. The second-order valence-corrected chi connectivity index (χ2v) is 6.56. The average Bonchev–Trinajstić information content (AvgIpc) is 3.05. The van der Waals surface area contributed by atoms with Crippen molar-refractivity contribution in [3.05, 3.63) is 57.6 Å². The van der Waals surface area contributed by atoms with Crippen LogP contribution in [0.3, 0.4) is 0 Å². The summed E-state index contributed by atoms with van der Waals surface area (Å²) in [5.74, 6) is 1.90. The summed E-state index contributed by atoms with van der Waals surface area (Å²) >= 11 is 12.1. The maximum atomic E-state index is 6.20. The third-order valence-electron chi connectivity index (χ3n) is 3.78. The molecule has 27 heavy (non-hydrogen) atoms. The van der Waals surface area contributed by atoms with Crippen molar-refractivity contribution in [1.82, 2.24) is 20.2 Å². The normalized spacial score (nSPS) is 10.7. The molecule has 0 saturated heterocycles. The van der Waals surface area contributed by atoms with Crippen molar-refractivity contribution < 1.29 is 9.47 Å². The topological polar surface area (TPSA) is 74.1 Å². The van der Waals surface area contributed by atoms with Crippen LogP contribution in [0.4, 0.5) is 5.95 Å². The van der Waals surface area contributed by atoms with Gasteiger partial charge in [0.15, 0.2) is 11.5 Å². The van der Waals surface area contributed by atoms with E-state index in [4.69, 9.17) is 32.7 Å². The van der Waals surface area contributed by atoms with E-state index < -0.39 is 0 Å². The maximum Gasteiger partial charge on any atom is 0.242 e. The van der Waals surface area contributed by atoms with Gasteiger partial charge in [-0.2, -0.15) is 0 Å². The van der Waals surface area contributed by atoms with Crippen LogP contribution in [0.2, 0.25) is 10.0 Å². The summed E-state index contributed by atoms with van der Waals surface area (Å²) in [5.41, 5.74) is 1.86. The lowest BCUT2D eigenvalue weighted by atomic mass is 10.2. The fraction of sp³-hybridized carbons (Fsp3) is 0.278.